The second kappa shape index (κ2) is 6.15. The Morgan fingerprint density at radius 3 is 2.38 bits per heavy atom. The average Bonchev–Trinajstić information content (AvgIpc) is 2.55. The van der Waals surface area contributed by atoms with Gasteiger partial charge in [-0.1, -0.05) is 78.5 Å². The van der Waals surface area contributed by atoms with Gasteiger partial charge in [-0.25, -0.2) is 0 Å². The molecule has 0 atom stereocenters. The van der Waals surface area contributed by atoms with E-state index in [1.165, 1.54) is 28.1 Å². The van der Waals surface area contributed by atoms with E-state index in [0.717, 1.165) is 17.5 Å². The lowest BCUT2D eigenvalue weighted by Crippen LogP contribution is -2.00. The summed E-state index contributed by atoms with van der Waals surface area (Å²) >= 11 is 1.27. The van der Waals surface area contributed by atoms with Crippen LogP contribution in [-0.4, -0.2) is 11.4 Å². The lowest BCUT2D eigenvalue weighted by atomic mass is 9.96. The fraction of sp³-hybridized carbons (Fsp3) is 0.105. The molecule has 0 aliphatic carbocycles. The molecule has 0 fully saturated rings. The highest BCUT2D eigenvalue weighted by molar-refractivity contribution is 8.13. The summed E-state index contributed by atoms with van der Waals surface area (Å²) in [6, 6.07) is 22.6. The highest BCUT2D eigenvalue weighted by Gasteiger charge is 2.11. The minimum atomic E-state index is 0.130. The maximum Gasteiger partial charge on any atom is 0.219 e. The van der Waals surface area contributed by atoms with Crippen LogP contribution in [0.3, 0.4) is 0 Å². The number of thioether (sulfide) groups is 1. The van der Waals surface area contributed by atoms with E-state index in [0.29, 0.717) is 0 Å². The lowest BCUT2D eigenvalue weighted by molar-refractivity contribution is 0.108. The van der Waals surface area contributed by atoms with Crippen LogP contribution in [0.1, 0.15) is 21.5 Å². The summed E-state index contributed by atoms with van der Waals surface area (Å²) in [5.41, 5.74) is 3.17. The number of benzene rings is 3. The second-order valence-electron chi connectivity index (χ2n) is 4.96. The molecule has 3 rings (SSSR count). The van der Waals surface area contributed by atoms with Crippen molar-refractivity contribution in [2.24, 2.45) is 0 Å². The minimum absolute atomic E-state index is 0.130. The van der Waals surface area contributed by atoms with Crippen molar-refractivity contribution >= 4 is 27.6 Å². The van der Waals surface area contributed by atoms with Crippen LogP contribution in [0.15, 0.2) is 66.7 Å². The van der Waals surface area contributed by atoms with Crippen LogP contribution >= 0.6 is 11.8 Å². The summed E-state index contributed by atoms with van der Waals surface area (Å²) in [5.74, 6) is 0. The van der Waals surface area contributed by atoms with Crippen LogP contribution in [0.25, 0.3) is 10.8 Å². The van der Waals surface area contributed by atoms with E-state index in [-0.39, 0.29) is 5.12 Å². The monoisotopic (exact) mass is 292 g/mol. The summed E-state index contributed by atoms with van der Waals surface area (Å²) in [5, 5.41) is 2.63. The molecular weight excluding hydrogens is 276 g/mol. The van der Waals surface area contributed by atoms with Crippen LogP contribution in [-0.2, 0) is 6.42 Å². The van der Waals surface area contributed by atoms with Gasteiger partial charge in [0.25, 0.3) is 0 Å². The van der Waals surface area contributed by atoms with Crippen molar-refractivity contribution in [3.05, 3.63) is 83.4 Å². The minimum Gasteiger partial charge on any atom is -0.282 e. The summed E-state index contributed by atoms with van der Waals surface area (Å²) in [6.45, 7) is 0. The van der Waals surface area contributed by atoms with Crippen LogP contribution in [0.5, 0.6) is 0 Å². The SMILES string of the molecule is CSC(=O)c1ccccc1Cc1cccc2ccccc12. The van der Waals surface area contributed by atoms with E-state index in [2.05, 4.69) is 42.5 Å². The van der Waals surface area contributed by atoms with E-state index >= 15 is 0 Å². The molecule has 0 radical (unpaired) electrons. The van der Waals surface area contributed by atoms with E-state index in [4.69, 9.17) is 0 Å². The largest absolute Gasteiger partial charge is 0.282 e. The molecule has 0 aromatic heterocycles. The molecule has 1 nitrogen and oxygen atoms in total. The molecule has 0 saturated heterocycles. The Labute approximate surface area is 129 Å². The van der Waals surface area contributed by atoms with Crippen LogP contribution in [0, 0.1) is 0 Å². The number of carbonyl (C=O) groups excluding carboxylic acids is 1. The number of hydrogen-bond acceptors (Lipinski definition) is 2. The van der Waals surface area contributed by atoms with Crippen molar-refractivity contribution in [1.29, 1.82) is 0 Å². The molecule has 0 spiro atoms. The van der Waals surface area contributed by atoms with Crippen LogP contribution < -0.4 is 0 Å². The maximum absolute atomic E-state index is 12.1. The Bertz CT molecular complexity index is 787. The molecule has 3 aromatic carbocycles. The molecule has 0 saturated carbocycles. The van der Waals surface area contributed by atoms with Gasteiger partial charge in [0.15, 0.2) is 0 Å². The number of rotatable bonds is 3. The predicted octanol–water partition coefficient (Wildman–Crippen LogP) is 4.93. The van der Waals surface area contributed by atoms with Gasteiger partial charge in [0.1, 0.15) is 0 Å². The zero-order chi connectivity index (χ0) is 14.7. The van der Waals surface area contributed by atoms with Gasteiger partial charge < -0.3 is 0 Å². The number of fused-ring (bicyclic) bond motifs is 1. The highest BCUT2D eigenvalue weighted by Crippen LogP contribution is 2.24. The highest BCUT2D eigenvalue weighted by atomic mass is 32.2. The molecule has 3 aromatic rings. The van der Waals surface area contributed by atoms with Crippen molar-refractivity contribution in [2.75, 3.05) is 6.26 Å². The number of carbonyl (C=O) groups is 1. The Kier molecular flexibility index (Phi) is 4.07. The predicted molar refractivity (Wildman–Crippen MR) is 91.0 cm³/mol. The summed E-state index contributed by atoms with van der Waals surface area (Å²) in [6.07, 6.45) is 2.61. The van der Waals surface area contributed by atoms with Gasteiger partial charge in [-0.15, -0.1) is 0 Å². The first-order valence-electron chi connectivity index (χ1n) is 6.92. The first-order chi connectivity index (χ1) is 10.3. The molecule has 0 aliphatic rings. The van der Waals surface area contributed by atoms with E-state index < -0.39 is 0 Å². The van der Waals surface area contributed by atoms with Gasteiger partial charge in [-0.05, 0) is 34.6 Å². The molecule has 0 unspecified atom stereocenters. The lowest BCUT2D eigenvalue weighted by Gasteiger charge is -2.10. The van der Waals surface area contributed by atoms with Crippen molar-refractivity contribution in [2.45, 2.75) is 6.42 Å². The Morgan fingerprint density at radius 1 is 0.857 bits per heavy atom. The molecule has 0 N–H and O–H groups in total. The third-order valence-electron chi connectivity index (χ3n) is 3.68. The van der Waals surface area contributed by atoms with E-state index in [9.17, 15) is 4.79 Å². The van der Waals surface area contributed by atoms with Crippen LogP contribution in [0.2, 0.25) is 0 Å². The normalized spacial score (nSPS) is 10.7. The second-order valence-corrected chi connectivity index (χ2v) is 5.74. The fourth-order valence-corrected chi connectivity index (χ4v) is 3.05. The Balaban J connectivity index is 2.05. The first-order valence-corrected chi connectivity index (χ1v) is 8.15. The van der Waals surface area contributed by atoms with Gasteiger partial charge in [0.2, 0.25) is 5.12 Å². The third kappa shape index (κ3) is 2.86. The van der Waals surface area contributed by atoms with E-state index in [1.54, 1.807) is 0 Å². The zero-order valence-electron chi connectivity index (χ0n) is 11.9. The quantitative estimate of drug-likeness (QED) is 0.680. The topological polar surface area (TPSA) is 17.1 Å². The summed E-state index contributed by atoms with van der Waals surface area (Å²) < 4.78 is 0. The molecule has 2 heteroatoms. The van der Waals surface area contributed by atoms with Gasteiger partial charge in [-0.3, -0.25) is 4.79 Å². The van der Waals surface area contributed by atoms with Gasteiger partial charge >= 0.3 is 0 Å². The summed E-state index contributed by atoms with van der Waals surface area (Å²) in [7, 11) is 0. The smallest absolute Gasteiger partial charge is 0.219 e. The van der Waals surface area contributed by atoms with Crippen molar-refractivity contribution in [3.8, 4) is 0 Å². The standard InChI is InChI=1S/C19H16OS/c1-21-19(20)18-12-5-3-8-16(18)13-15-10-6-9-14-7-2-4-11-17(14)15/h2-12H,13H2,1H3. The Morgan fingerprint density at radius 2 is 1.52 bits per heavy atom. The first kappa shape index (κ1) is 13.9. The molecule has 0 aliphatic heterocycles. The van der Waals surface area contributed by atoms with Gasteiger partial charge in [0, 0.05) is 5.56 Å². The maximum atomic E-state index is 12.1. The van der Waals surface area contributed by atoms with Gasteiger partial charge in [0.05, 0.1) is 0 Å². The zero-order valence-corrected chi connectivity index (χ0v) is 12.7. The molecule has 21 heavy (non-hydrogen) atoms. The van der Waals surface area contributed by atoms with Crippen molar-refractivity contribution in [3.63, 3.8) is 0 Å². The molecule has 104 valence electrons. The van der Waals surface area contributed by atoms with Crippen molar-refractivity contribution < 1.29 is 4.79 Å². The van der Waals surface area contributed by atoms with Crippen LogP contribution in [0.4, 0.5) is 0 Å². The number of hydrogen-bond donors (Lipinski definition) is 0. The third-order valence-corrected chi connectivity index (χ3v) is 4.27. The van der Waals surface area contributed by atoms with E-state index in [1.807, 2.05) is 30.5 Å². The molecular formula is C19H16OS. The molecule has 0 heterocycles. The summed E-state index contributed by atoms with van der Waals surface area (Å²) in [4.78, 5) is 12.1. The fourth-order valence-electron chi connectivity index (χ4n) is 2.64. The Hall–Kier alpha value is -2.06. The average molecular weight is 292 g/mol. The van der Waals surface area contributed by atoms with Gasteiger partial charge in [-0.2, -0.15) is 0 Å². The molecule has 0 amide bonds. The van der Waals surface area contributed by atoms with Crippen molar-refractivity contribution in [1.82, 2.24) is 0 Å². The molecule has 0 bridgehead atoms.